The minimum Gasteiger partial charge on any atom is -0.367 e. The standard InChI is InChI=1S/C17H17FN2O/c1-11-6-7-12-8-9-17(16(19)21,13(12)10-11)20-15-5-3-2-4-14(15)18/h2-7,10,20H,8-9H2,1H3,(H2,19,21). The number of nitrogens with two attached hydrogens (primary N) is 1. The number of primary amides is 1. The van der Waals surface area contributed by atoms with Gasteiger partial charge >= 0.3 is 0 Å². The van der Waals surface area contributed by atoms with Crippen LogP contribution in [0.4, 0.5) is 10.1 Å². The monoisotopic (exact) mass is 284 g/mol. The van der Waals surface area contributed by atoms with E-state index in [1.165, 1.54) is 6.07 Å². The van der Waals surface area contributed by atoms with Crippen LogP contribution >= 0.6 is 0 Å². The molecule has 1 aliphatic carbocycles. The minimum absolute atomic E-state index is 0.297. The third-order valence-electron chi connectivity index (χ3n) is 4.14. The van der Waals surface area contributed by atoms with Crippen molar-refractivity contribution in [1.29, 1.82) is 0 Å². The summed E-state index contributed by atoms with van der Waals surface area (Å²) in [4.78, 5) is 12.2. The van der Waals surface area contributed by atoms with Gasteiger partial charge in [-0.25, -0.2) is 4.39 Å². The molecule has 0 saturated carbocycles. The highest BCUT2D eigenvalue weighted by molar-refractivity contribution is 5.91. The topological polar surface area (TPSA) is 55.1 Å². The summed E-state index contributed by atoms with van der Waals surface area (Å²) >= 11 is 0. The van der Waals surface area contributed by atoms with E-state index in [1.54, 1.807) is 18.2 Å². The molecule has 108 valence electrons. The first-order chi connectivity index (χ1) is 10.0. The van der Waals surface area contributed by atoms with Gasteiger partial charge in [-0.2, -0.15) is 0 Å². The second kappa shape index (κ2) is 4.88. The summed E-state index contributed by atoms with van der Waals surface area (Å²) in [6.07, 6.45) is 1.29. The maximum absolute atomic E-state index is 13.9. The fourth-order valence-corrected chi connectivity index (χ4v) is 3.00. The van der Waals surface area contributed by atoms with Crippen LogP contribution in [0.5, 0.6) is 0 Å². The van der Waals surface area contributed by atoms with Gasteiger partial charge in [-0.15, -0.1) is 0 Å². The van der Waals surface area contributed by atoms with Crippen molar-refractivity contribution in [2.45, 2.75) is 25.3 Å². The highest BCUT2D eigenvalue weighted by Gasteiger charge is 2.44. The number of fused-ring (bicyclic) bond motifs is 1. The summed E-state index contributed by atoms with van der Waals surface area (Å²) in [5, 5.41) is 3.06. The van der Waals surface area contributed by atoms with Gasteiger partial charge in [-0.3, -0.25) is 4.79 Å². The van der Waals surface area contributed by atoms with Gasteiger partial charge in [0, 0.05) is 0 Å². The van der Waals surface area contributed by atoms with Crippen LogP contribution in [0.1, 0.15) is 23.1 Å². The van der Waals surface area contributed by atoms with Crippen LogP contribution in [-0.2, 0) is 16.8 Å². The second-order valence-electron chi connectivity index (χ2n) is 5.54. The molecule has 1 amide bonds. The fraction of sp³-hybridized carbons (Fsp3) is 0.235. The SMILES string of the molecule is Cc1ccc2c(c1)C(Nc1ccccc1F)(C(N)=O)CC2. The van der Waals surface area contributed by atoms with E-state index >= 15 is 0 Å². The number of para-hydroxylation sites is 1. The number of benzene rings is 2. The number of amides is 1. The molecular weight excluding hydrogens is 267 g/mol. The van der Waals surface area contributed by atoms with Gasteiger partial charge in [0.2, 0.25) is 5.91 Å². The fourth-order valence-electron chi connectivity index (χ4n) is 3.00. The van der Waals surface area contributed by atoms with Crippen LogP contribution in [0.15, 0.2) is 42.5 Å². The van der Waals surface area contributed by atoms with Crippen molar-refractivity contribution in [1.82, 2.24) is 0 Å². The molecular formula is C17H17FN2O. The van der Waals surface area contributed by atoms with Crippen LogP contribution in [0.3, 0.4) is 0 Å². The molecule has 0 heterocycles. The average molecular weight is 284 g/mol. The second-order valence-corrected chi connectivity index (χ2v) is 5.54. The molecule has 3 nitrogen and oxygen atoms in total. The third kappa shape index (κ3) is 2.17. The molecule has 0 saturated heterocycles. The molecule has 0 fully saturated rings. The lowest BCUT2D eigenvalue weighted by atomic mass is 9.89. The smallest absolute Gasteiger partial charge is 0.247 e. The van der Waals surface area contributed by atoms with Crippen molar-refractivity contribution in [2.24, 2.45) is 5.73 Å². The number of halogens is 1. The van der Waals surface area contributed by atoms with Gasteiger partial charge in [-0.05, 0) is 43.0 Å². The largest absolute Gasteiger partial charge is 0.367 e. The Balaban J connectivity index is 2.10. The van der Waals surface area contributed by atoms with Crippen molar-refractivity contribution >= 4 is 11.6 Å². The first-order valence-corrected chi connectivity index (χ1v) is 6.95. The number of carbonyl (C=O) groups excluding carboxylic acids is 1. The lowest BCUT2D eigenvalue weighted by Crippen LogP contribution is -2.46. The quantitative estimate of drug-likeness (QED) is 0.910. The molecule has 0 aromatic heterocycles. The summed E-state index contributed by atoms with van der Waals surface area (Å²) < 4.78 is 13.9. The Morgan fingerprint density at radius 2 is 2.05 bits per heavy atom. The van der Waals surface area contributed by atoms with Crippen molar-refractivity contribution in [3.8, 4) is 0 Å². The van der Waals surface area contributed by atoms with Gasteiger partial charge in [-0.1, -0.05) is 35.9 Å². The number of anilines is 1. The maximum Gasteiger partial charge on any atom is 0.247 e. The van der Waals surface area contributed by atoms with E-state index in [9.17, 15) is 9.18 Å². The normalized spacial score (nSPS) is 20.1. The maximum atomic E-state index is 13.9. The Morgan fingerprint density at radius 3 is 2.76 bits per heavy atom. The van der Waals surface area contributed by atoms with Crippen molar-refractivity contribution in [3.63, 3.8) is 0 Å². The van der Waals surface area contributed by atoms with Crippen molar-refractivity contribution in [3.05, 3.63) is 65.0 Å². The van der Waals surface area contributed by atoms with E-state index < -0.39 is 11.4 Å². The van der Waals surface area contributed by atoms with Crippen LogP contribution in [0.25, 0.3) is 0 Å². The Morgan fingerprint density at radius 1 is 1.29 bits per heavy atom. The van der Waals surface area contributed by atoms with Crippen LogP contribution in [0.2, 0.25) is 0 Å². The minimum atomic E-state index is -1.04. The number of hydrogen-bond acceptors (Lipinski definition) is 2. The van der Waals surface area contributed by atoms with Crippen LogP contribution in [-0.4, -0.2) is 5.91 Å². The molecule has 0 aliphatic heterocycles. The lowest BCUT2D eigenvalue weighted by molar-refractivity contribution is -0.122. The predicted octanol–water partition coefficient (Wildman–Crippen LogP) is 2.87. The molecule has 2 aromatic rings. The Kier molecular flexibility index (Phi) is 3.16. The van der Waals surface area contributed by atoms with E-state index in [1.807, 2.05) is 25.1 Å². The summed E-state index contributed by atoms with van der Waals surface area (Å²) in [6.45, 7) is 1.97. The Hall–Kier alpha value is -2.36. The summed E-state index contributed by atoms with van der Waals surface area (Å²) in [7, 11) is 0. The summed E-state index contributed by atoms with van der Waals surface area (Å²) in [5.41, 5.74) is 7.93. The molecule has 0 radical (unpaired) electrons. The third-order valence-corrected chi connectivity index (χ3v) is 4.14. The predicted molar refractivity (Wildman–Crippen MR) is 80.4 cm³/mol. The zero-order valence-electron chi connectivity index (χ0n) is 11.8. The first kappa shape index (κ1) is 13.6. The van der Waals surface area contributed by atoms with E-state index in [-0.39, 0.29) is 5.82 Å². The van der Waals surface area contributed by atoms with E-state index in [0.717, 1.165) is 23.1 Å². The van der Waals surface area contributed by atoms with E-state index in [2.05, 4.69) is 5.32 Å². The molecule has 3 N–H and O–H groups in total. The number of rotatable bonds is 3. The van der Waals surface area contributed by atoms with Gasteiger partial charge in [0.1, 0.15) is 11.4 Å². The van der Waals surface area contributed by atoms with Crippen LogP contribution < -0.4 is 11.1 Å². The Bertz CT molecular complexity index is 714. The molecule has 1 atom stereocenters. The average Bonchev–Trinajstić information content (AvgIpc) is 2.81. The molecule has 0 spiro atoms. The van der Waals surface area contributed by atoms with Gasteiger partial charge in [0.05, 0.1) is 5.69 Å². The molecule has 3 rings (SSSR count). The molecule has 4 heteroatoms. The first-order valence-electron chi connectivity index (χ1n) is 6.95. The van der Waals surface area contributed by atoms with Crippen molar-refractivity contribution in [2.75, 3.05) is 5.32 Å². The number of carbonyl (C=O) groups is 1. The lowest BCUT2D eigenvalue weighted by Gasteiger charge is -2.30. The number of nitrogens with one attached hydrogen (secondary N) is 1. The summed E-state index contributed by atoms with van der Waals surface area (Å²) in [5.74, 6) is -0.866. The highest BCUT2D eigenvalue weighted by Crippen LogP contribution is 2.40. The molecule has 1 aliphatic rings. The molecule has 0 bridgehead atoms. The van der Waals surface area contributed by atoms with Gasteiger partial charge in [0.15, 0.2) is 0 Å². The molecule has 2 aromatic carbocycles. The number of hydrogen-bond donors (Lipinski definition) is 2. The molecule has 1 unspecified atom stereocenters. The van der Waals surface area contributed by atoms with Crippen molar-refractivity contribution < 1.29 is 9.18 Å². The highest BCUT2D eigenvalue weighted by atomic mass is 19.1. The zero-order valence-corrected chi connectivity index (χ0v) is 11.8. The number of aryl methyl sites for hydroxylation is 2. The molecule has 21 heavy (non-hydrogen) atoms. The van der Waals surface area contributed by atoms with Crippen LogP contribution in [0, 0.1) is 12.7 Å². The van der Waals surface area contributed by atoms with E-state index in [0.29, 0.717) is 12.1 Å². The van der Waals surface area contributed by atoms with Gasteiger partial charge in [0.25, 0.3) is 0 Å². The van der Waals surface area contributed by atoms with Gasteiger partial charge < -0.3 is 11.1 Å². The summed E-state index contributed by atoms with van der Waals surface area (Å²) in [6, 6.07) is 12.3. The zero-order chi connectivity index (χ0) is 15.0. The van der Waals surface area contributed by atoms with E-state index in [4.69, 9.17) is 5.73 Å². The Labute approximate surface area is 123 Å².